The Morgan fingerprint density at radius 2 is 1.96 bits per heavy atom. The van der Waals surface area contributed by atoms with Crippen molar-refractivity contribution in [3.63, 3.8) is 0 Å². The number of rotatable bonds is 9. The molecule has 0 aromatic carbocycles. The van der Waals surface area contributed by atoms with Gasteiger partial charge in [-0.2, -0.15) is 0 Å². The maximum atomic E-state index is 11.8. The number of carbonyl (C=O) groups excluding carboxylic acids is 1. The molecule has 0 spiro atoms. The van der Waals surface area contributed by atoms with Crippen molar-refractivity contribution < 1.29 is 4.79 Å². The van der Waals surface area contributed by atoms with Gasteiger partial charge in [0.2, 0.25) is 5.91 Å². The van der Waals surface area contributed by atoms with Gasteiger partial charge in [0.1, 0.15) is 12.4 Å². The van der Waals surface area contributed by atoms with Crippen molar-refractivity contribution in [3.05, 3.63) is 11.6 Å². The lowest BCUT2D eigenvalue weighted by Gasteiger charge is -2.24. The van der Waals surface area contributed by atoms with E-state index in [4.69, 9.17) is 0 Å². The van der Waals surface area contributed by atoms with E-state index in [0.29, 0.717) is 25.7 Å². The van der Waals surface area contributed by atoms with E-state index in [1.165, 1.54) is 19.4 Å². The van der Waals surface area contributed by atoms with Gasteiger partial charge in [-0.3, -0.25) is 9.69 Å². The summed E-state index contributed by atoms with van der Waals surface area (Å²) in [7, 11) is 1.95. The van der Waals surface area contributed by atoms with E-state index in [1.54, 1.807) is 0 Å². The summed E-state index contributed by atoms with van der Waals surface area (Å²) in [6.45, 7) is 8.97. The van der Waals surface area contributed by atoms with E-state index in [2.05, 4.69) is 43.0 Å². The maximum absolute atomic E-state index is 11.8. The summed E-state index contributed by atoms with van der Waals surface area (Å²) in [6.07, 6.45) is 4.53. The molecular weight excluding hydrogens is 356 g/mol. The summed E-state index contributed by atoms with van der Waals surface area (Å²) in [5.41, 5.74) is 0. The van der Waals surface area contributed by atoms with Gasteiger partial charge in [-0.25, -0.2) is 4.99 Å². The normalized spacial score (nSPS) is 20.4. The fraction of sp³-hybridized carbons (Fsp3) is 0.789. The van der Waals surface area contributed by atoms with E-state index in [0.717, 1.165) is 43.5 Å². The SMILES string of the molecule is CCN1CCCC1CNC(=NCc1nnc(C)n1C)NCCNC(=O)C1CC1. The first kappa shape index (κ1) is 20.6. The van der Waals surface area contributed by atoms with E-state index in [-0.39, 0.29) is 11.8 Å². The Balaban J connectivity index is 1.51. The number of likely N-dealkylation sites (N-methyl/N-ethyl adjacent to an activating group) is 1. The average molecular weight is 391 g/mol. The number of nitrogens with zero attached hydrogens (tertiary/aromatic N) is 5. The highest BCUT2D eigenvalue weighted by atomic mass is 16.2. The molecule has 1 aromatic heterocycles. The van der Waals surface area contributed by atoms with Crippen LogP contribution in [0, 0.1) is 12.8 Å². The Morgan fingerprint density at radius 3 is 2.64 bits per heavy atom. The third-order valence-corrected chi connectivity index (χ3v) is 5.64. The summed E-state index contributed by atoms with van der Waals surface area (Å²) >= 11 is 0. The van der Waals surface area contributed by atoms with E-state index < -0.39 is 0 Å². The molecule has 1 saturated heterocycles. The summed E-state index contributed by atoms with van der Waals surface area (Å²) in [6, 6.07) is 0.545. The summed E-state index contributed by atoms with van der Waals surface area (Å²) in [4.78, 5) is 19.0. The molecule has 1 aliphatic carbocycles. The van der Waals surface area contributed by atoms with Gasteiger partial charge in [-0.05, 0) is 45.7 Å². The first-order valence-corrected chi connectivity index (χ1v) is 10.5. The quantitative estimate of drug-likeness (QED) is 0.316. The molecule has 156 valence electrons. The minimum atomic E-state index is 0.173. The average Bonchev–Trinajstić information content (AvgIpc) is 3.38. The predicted octanol–water partition coefficient (Wildman–Crippen LogP) is 0.169. The molecule has 9 nitrogen and oxygen atoms in total. The Bertz CT molecular complexity index is 681. The zero-order valence-electron chi connectivity index (χ0n) is 17.4. The molecule has 1 amide bonds. The first-order chi connectivity index (χ1) is 13.6. The number of aliphatic imine (C=N–C) groups is 1. The van der Waals surface area contributed by atoms with Gasteiger partial charge in [0.05, 0.1) is 0 Å². The van der Waals surface area contributed by atoms with Crippen LogP contribution in [-0.4, -0.2) is 70.3 Å². The molecule has 1 atom stereocenters. The highest BCUT2D eigenvalue weighted by molar-refractivity contribution is 5.81. The largest absolute Gasteiger partial charge is 0.355 e. The van der Waals surface area contributed by atoms with E-state index in [1.807, 2.05) is 18.5 Å². The smallest absolute Gasteiger partial charge is 0.223 e. The van der Waals surface area contributed by atoms with Crippen molar-refractivity contribution in [2.75, 3.05) is 32.7 Å². The topological polar surface area (TPSA) is 99.5 Å². The van der Waals surface area contributed by atoms with Crippen LogP contribution in [0.3, 0.4) is 0 Å². The Kier molecular flexibility index (Phi) is 7.24. The molecule has 1 aromatic rings. The number of hydrogen-bond acceptors (Lipinski definition) is 5. The Hall–Kier alpha value is -2.16. The number of guanidine groups is 1. The van der Waals surface area contributed by atoms with Crippen LogP contribution in [0.5, 0.6) is 0 Å². The molecule has 2 heterocycles. The predicted molar refractivity (Wildman–Crippen MR) is 109 cm³/mol. The highest BCUT2D eigenvalue weighted by Gasteiger charge is 2.29. The molecule has 3 rings (SSSR count). The summed E-state index contributed by atoms with van der Waals surface area (Å²) in [5, 5.41) is 18.1. The van der Waals surface area contributed by atoms with E-state index >= 15 is 0 Å². The van der Waals surface area contributed by atoms with Crippen molar-refractivity contribution >= 4 is 11.9 Å². The molecule has 0 radical (unpaired) electrons. The first-order valence-electron chi connectivity index (χ1n) is 10.5. The Labute approximate surface area is 167 Å². The number of aromatic nitrogens is 3. The fourth-order valence-corrected chi connectivity index (χ4v) is 3.53. The van der Waals surface area contributed by atoms with Crippen LogP contribution in [-0.2, 0) is 18.4 Å². The molecular formula is C19H34N8O. The van der Waals surface area contributed by atoms with Crippen molar-refractivity contribution in [3.8, 4) is 0 Å². The van der Waals surface area contributed by atoms with Crippen molar-refractivity contribution in [1.29, 1.82) is 0 Å². The molecule has 9 heteroatoms. The zero-order chi connectivity index (χ0) is 19.9. The molecule has 3 N–H and O–H groups in total. The van der Waals surface area contributed by atoms with E-state index in [9.17, 15) is 4.79 Å². The minimum absolute atomic E-state index is 0.173. The van der Waals surface area contributed by atoms with Crippen LogP contribution < -0.4 is 16.0 Å². The molecule has 2 aliphatic rings. The van der Waals surface area contributed by atoms with Gasteiger partial charge >= 0.3 is 0 Å². The number of aryl methyl sites for hydroxylation is 1. The Morgan fingerprint density at radius 1 is 1.18 bits per heavy atom. The summed E-state index contributed by atoms with van der Waals surface area (Å²) < 4.78 is 1.95. The van der Waals surface area contributed by atoms with Gasteiger partial charge in [-0.15, -0.1) is 10.2 Å². The maximum Gasteiger partial charge on any atom is 0.223 e. The summed E-state index contributed by atoms with van der Waals surface area (Å²) in [5.74, 6) is 2.88. The van der Waals surface area contributed by atoms with Crippen LogP contribution in [0.2, 0.25) is 0 Å². The number of hydrogen-bond donors (Lipinski definition) is 3. The highest BCUT2D eigenvalue weighted by Crippen LogP contribution is 2.28. The van der Waals surface area contributed by atoms with Crippen LogP contribution in [0.4, 0.5) is 0 Å². The second-order valence-electron chi connectivity index (χ2n) is 7.68. The second-order valence-corrected chi connectivity index (χ2v) is 7.68. The molecule has 1 aliphatic heterocycles. The number of likely N-dealkylation sites (tertiary alicyclic amines) is 1. The molecule has 1 saturated carbocycles. The van der Waals surface area contributed by atoms with Crippen molar-refractivity contribution in [1.82, 2.24) is 35.6 Å². The third kappa shape index (κ3) is 5.67. The van der Waals surface area contributed by atoms with Gasteiger partial charge in [0.25, 0.3) is 0 Å². The van der Waals surface area contributed by atoms with Crippen LogP contribution in [0.15, 0.2) is 4.99 Å². The van der Waals surface area contributed by atoms with Gasteiger partial charge < -0.3 is 20.5 Å². The molecule has 28 heavy (non-hydrogen) atoms. The van der Waals surface area contributed by atoms with Gasteiger partial charge in [0.15, 0.2) is 11.8 Å². The van der Waals surface area contributed by atoms with Crippen molar-refractivity contribution in [2.45, 2.75) is 52.1 Å². The van der Waals surface area contributed by atoms with Gasteiger partial charge in [-0.1, -0.05) is 6.92 Å². The zero-order valence-corrected chi connectivity index (χ0v) is 17.4. The second kappa shape index (κ2) is 9.86. The van der Waals surface area contributed by atoms with Crippen LogP contribution in [0.25, 0.3) is 0 Å². The number of nitrogens with one attached hydrogen (secondary N) is 3. The number of amides is 1. The molecule has 1 unspecified atom stereocenters. The van der Waals surface area contributed by atoms with Crippen LogP contribution in [0.1, 0.15) is 44.3 Å². The fourth-order valence-electron chi connectivity index (χ4n) is 3.53. The lowest BCUT2D eigenvalue weighted by atomic mass is 10.2. The standard InChI is InChI=1S/C19H34N8O/c1-4-27-11-5-6-16(27)12-22-19(21-10-9-20-18(28)15-7-8-15)23-13-17-25-24-14(2)26(17)3/h15-16H,4-13H2,1-3H3,(H,20,28)(H2,21,22,23). The minimum Gasteiger partial charge on any atom is -0.355 e. The van der Waals surface area contributed by atoms with Crippen LogP contribution >= 0.6 is 0 Å². The lowest BCUT2D eigenvalue weighted by molar-refractivity contribution is -0.122. The third-order valence-electron chi connectivity index (χ3n) is 5.64. The molecule has 0 bridgehead atoms. The van der Waals surface area contributed by atoms with Gasteiger partial charge in [0, 0.05) is 38.6 Å². The van der Waals surface area contributed by atoms with Crippen molar-refractivity contribution in [2.24, 2.45) is 18.0 Å². The number of carbonyl (C=O) groups is 1. The molecule has 2 fully saturated rings. The lowest BCUT2D eigenvalue weighted by Crippen LogP contribution is -2.46. The monoisotopic (exact) mass is 390 g/mol.